The van der Waals surface area contributed by atoms with E-state index in [-0.39, 0.29) is 11.7 Å². The van der Waals surface area contributed by atoms with Gasteiger partial charge in [0, 0.05) is 8.95 Å². The molecular formula is C21H23Br2N3O4S. The number of carbonyl (C=O) groups is 2. The molecule has 2 rings (SSSR count). The number of hydrazine groups is 1. The van der Waals surface area contributed by atoms with Crippen molar-refractivity contribution in [3.63, 3.8) is 0 Å². The summed E-state index contributed by atoms with van der Waals surface area (Å²) in [6.45, 7) is 4.48. The molecule has 166 valence electrons. The minimum atomic E-state index is -0.460. The van der Waals surface area contributed by atoms with Gasteiger partial charge in [0.15, 0.2) is 11.7 Å². The summed E-state index contributed by atoms with van der Waals surface area (Å²) in [6.07, 6.45) is 0.867. The van der Waals surface area contributed by atoms with Crippen LogP contribution in [0.25, 0.3) is 0 Å². The average Bonchev–Trinajstić information content (AvgIpc) is 2.72. The Morgan fingerprint density at radius 3 is 2.35 bits per heavy atom. The summed E-state index contributed by atoms with van der Waals surface area (Å²) >= 11 is 11.8. The zero-order chi connectivity index (χ0) is 22.8. The Kier molecular flexibility index (Phi) is 10.2. The molecule has 2 aromatic carbocycles. The van der Waals surface area contributed by atoms with Gasteiger partial charge in [0.1, 0.15) is 11.5 Å². The van der Waals surface area contributed by atoms with Crippen molar-refractivity contribution in [1.82, 2.24) is 16.2 Å². The van der Waals surface area contributed by atoms with E-state index in [1.54, 1.807) is 42.5 Å². The lowest BCUT2D eigenvalue weighted by molar-refractivity contribution is -0.123. The third-order valence-electron chi connectivity index (χ3n) is 3.87. The molecule has 2 amide bonds. The van der Waals surface area contributed by atoms with Crippen LogP contribution in [-0.4, -0.2) is 30.1 Å². The summed E-state index contributed by atoms with van der Waals surface area (Å²) in [7, 11) is 0. The Bertz CT molecular complexity index is 923. The van der Waals surface area contributed by atoms with Crippen LogP contribution in [0.3, 0.4) is 0 Å². The molecule has 0 spiro atoms. The maximum absolute atomic E-state index is 12.6. The molecule has 0 saturated carbocycles. The van der Waals surface area contributed by atoms with Crippen molar-refractivity contribution in [3.8, 4) is 11.5 Å². The minimum Gasteiger partial charge on any atom is -0.493 e. The predicted molar refractivity (Wildman–Crippen MR) is 130 cm³/mol. The molecule has 0 aliphatic heterocycles. The first kappa shape index (κ1) is 25.1. The summed E-state index contributed by atoms with van der Waals surface area (Å²) < 4.78 is 12.8. The van der Waals surface area contributed by atoms with Gasteiger partial charge in [-0.2, -0.15) is 0 Å². The molecule has 31 heavy (non-hydrogen) atoms. The zero-order valence-electron chi connectivity index (χ0n) is 17.0. The molecule has 0 aliphatic carbocycles. The second kappa shape index (κ2) is 12.6. The third kappa shape index (κ3) is 9.24. The number of benzene rings is 2. The molecule has 0 aromatic heterocycles. The lowest BCUT2D eigenvalue weighted by Crippen LogP contribution is -2.49. The fourth-order valence-corrected chi connectivity index (χ4v) is 3.02. The van der Waals surface area contributed by atoms with Crippen molar-refractivity contribution < 1.29 is 19.1 Å². The van der Waals surface area contributed by atoms with E-state index >= 15 is 0 Å². The van der Waals surface area contributed by atoms with Crippen LogP contribution in [0.4, 0.5) is 0 Å². The standard InChI is InChI=1S/C21H23Br2N3O4S/c1-13(2)9-10-29-18-8-5-15(23)11-17(18)20(28)24-21(31)26-25-19(27)12-30-16-6-3-14(22)4-7-16/h3-8,11,13H,9-10,12H2,1-2H3,(H,25,27)(H2,24,26,28,31). The Labute approximate surface area is 203 Å². The lowest BCUT2D eigenvalue weighted by atomic mass is 10.1. The summed E-state index contributed by atoms with van der Waals surface area (Å²) in [6, 6.07) is 12.2. The van der Waals surface area contributed by atoms with Crippen molar-refractivity contribution in [1.29, 1.82) is 0 Å². The van der Waals surface area contributed by atoms with Crippen LogP contribution in [-0.2, 0) is 4.79 Å². The van der Waals surface area contributed by atoms with Crippen LogP contribution in [0.15, 0.2) is 51.4 Å². The van der Waals surface area contributed by atoms with Crippen molar-refractivity contribution in [3.05, 3.63) is 57.0 Å². The number of hydrogen-bond donors (Lipinski definition) is 3. The van der Waals surface area contributed by atoms with E-state index in [1.165, 1.54) is 0 Å². The number of carbonyl (C=O) groups excluding carboxylic acids is 2. The van der Waals surface area contributed by atoms with Gasteiger partial charge in [-0.25, -0.2) is 0 Å². The number of ether oxygens (including phenoxy) is 2. The smallest absolute Gasteiger partial charge is 0.276 e. The Morgan fingerprint density at radius 2 is 1.68 bits per heavy atom. The van der Waals surface area contributed by atoms with Gasteiger partial charge in [0.25, 0.3) is 11.8 Å². The summed E-state index contributed by atoms with van der Waals surface area (Å²) in [5.41, 5.74) is 5.18. The largest absolute Gasteiger partial charge is 0.493 e. The topological polar surface area (TPSA) is 88.7 Å². The minimum absolute atomic E-state index is 0.0601. The second-order valence-corrected chi connectivity index (χ2v) is 9.11. The van der Waals surface area contributed by atoms with Gasteiger partial charge in [-0.1, -0.05) is 45.7 Å². The maximum atomic E-state index is 12.6. The molecule has 0 bridgehead atoms. The van der Waals surface area contributed by atoms with Crippen LogP contribution in [0, 0.1) is 5.92 Å². The van der Waals surface area contributed by atoms with Crippen LogP contribution in [0.2, 0.25) is 0 Å². The normalized spacial score (nSPS) is 10.4. The fourth-order valence-electron chi connectivity index (χ4n) is 2.25. The van der Waals surface area contributed by atoms with Crippen molar-refractivity contribution >= 4 is 61.0 Å². The molecule has 10 heteroatoms. The monoisotopic (exact) mass is 571 g/mol. The molecule has 0 heterocycles. The average molecular weight is 573 g/mol. The predicted octanol–water partition coefficient (Wildman–Crippen LogP) is 4.35. The van der Waals surface area contributed by atoms with Crippen LogP contribution >= 0.6 is 44.1 Å². The number of rotatable bonds is 8. The molecule has 0 aliphatic rings. The summed E-state index contributed by atoms with van der Waals surface area (Å²) in [5, 5.41) is 2.46. The van der Waals surface area contributed by atoms with Crippen molar-refractivity contribution in [2.45, 2.75) is 20.3 Å². The van der Waals surface area contributed by atoms with Crippen molar-refractivity contribution in [2.24, 2.45) is 5.92 Å². The summed E-state index contributed by atoms with van der Waals surface area (Å²) in [5.74, 6) is 0.573. The third-order valence-corrected chi connectivity index (χ3v) is 5.09. The van der Waals surface area contributed by atoms with Gasteiger partial charge in [0.05, 0.1) is 12.2 Å². The van der Waals surface area contributed by atoms with E-state index in [0.29, 0.717) is 29.6 Å². The highest BCUT2D eigenvalue weighted by Crippen LogP contribution is 2.24. The Balaban J connectivity index is 1.83. The number of halogens is 2. The van der Waals surface area contributed by atoms with Crippen LogP contribution < -0.4 is 25.6 Å². The SMILES string of the molecule is CC(C)CCOc1ccc(Br)cc1C(=O)NC(=S)NNC(=O)COc1ccc(Br)cc1. The lowest BCUT2D eigenvalue weighted by Gasteiger charge is -2.14. The van der Waals surface area contributed by atoms with Crippen LogP contribution in [0.1, 0.15) is 30.6 Å². The first-order valence-corrected chi connectivity index (χ1v) is 11.4. The number of hydrogen-bond acceptors (Lipinski definition) is 5. The zero-order valence-corrected chi connectivity index (χ0v) is 21.0. The first-order chi connectivity index (χ1) is 14.7. The highest BCUT2D eigenvalue weighted by molar-refractivity contribution is 9.10. The molecule has 0 atom stereocenters. The van der Waals surface area contributed by atoms with Crippen LogP contribution in [0.5, 0.6) is 11.5 Å². The van der Waals surface area contributed by atoms with Gasteiger partial charge in [-0.3, -0.25) is 25.8 Å². The van der Waals surface area contributed by atoms with E-state index in [9.17, 15) is 9.59 Å². The maximum Gasteiger partial charge on any atom is 0.276 e. The summed E-state index contributed by atoms with van der Waals surface area (Å²) in [4.78, 5) is 24.5. The molecule has 2 aromatic rings. The van der Waals surface area contributed by atoms with Crippen molar-refractivity contribution in [2.75, 3.05) is 13.2 Å². The van der Waals surface area contributed by atoms with E-state index < -0.39 is 11.8 Å². The van der Waals surface area contributed by atoms with Gasteiger partial charge < -0.3 is 9.47 Å². The molecule has 3 N–H and O–H groups in total. The van der Waals surface area contributed by atoms with Gasteiger partial charge in [-0.15, -0.1) is 0 Å². The first-order valence-electron chi connectivity index (χ1n) is 9.45. The number of amides is 2. The van der Waals surface area contributed by atoms with E-state index in [1.807, 2.05) is 0 Å². The quantitative estimate of drug-likeness (QED) is 0.322. The van der Waals surface area contributed by atoms with E-state index in [2.05, 4.69) is 61.9 Å². The Morgan fingerprint density at radius 1 is 1.00 bits per heavy atom. The molecule has 0 radical (unpaired) electrons. The molecule has 0 fully saturated rings. The van der Waals surface area contributed by atoms with Gasteiger partial charge >= 0.3 is 0 Å². The molecule has 0 unspecified atom stereocenters. The number of thiocarbonyl (C=S) groups is 1. The van der Waals surface area contributed by atoms with E-state index in [0.717, 1.165) is 15.4 Å². The Hall–Kier alpha value is -2.17. The molecule has 7 nitrogen and oxygen atoms in total. The molecular weight excluding hydrogens is 550 g/mol. The van der Waals surface area contributed by atoms with E-state index in [4.69, 9.17) is 21.7 Å². The molecule has 0 saturated heterocycles. The highest BCUT2D eigenvalue weighted by atomic mass is 79.9. The van der Waals surface area contributed by atoms with Gasteiger partial charge in [0.2, 0.25) is 0 Å². The fraction of sp³-hybridized carbons (Fsp3) is 0.286. The number of nitrogens with one attached hydrogen (secondary N) is 3. The van der Waals surface area contributed by atoms with Gasteiger partial charge in [-0.05, 0) is 67.0 Å². The second-order valence-electron chi connectivity index (χ2n) is 6.87. The highest BCUT2D eigenvalue weighted by Gasteiger charge is 2.15.